The van der Waals surface area contributed by atoms with Crippen molar-refractivity contribution in [1.82, 2.24) is 0 Å². The van der Waals surface area contributed by atoms with Crippen LogP contribution < -0.4 is 10.5 Å². The van der Waals surface area contributed by atoms with Crippen molar-refractivity contribution < 1.29 is 12.8 Å². The van der Waals surface area contributed by atoms with Gasteiger partial charge in [0.1, 0.15) is 10.7 Å². The minimum atomic E-state index is -4.07. The van der Waals surface area contributed by atoms with Crippen LogP contribution in [0.25, 0.3) is 0 Å². The third kappa shape index (κ3) is 3.15. The standard InChI is InChI=1S/C12H9Cl2FN2O2S/c13-7-1-4-10(15)11(5-7)17-20(18,19)12-6-8(16)2-3-9(12)14/h1-6,17H,16H2. The quantitative estimate of drug-likeness (QED) is 0.843. The van der Waals surface area contributed by atoms with Crippen molar-refractivity contribution in [3.8, 4) is 0 Å². The van der Waals surface area contributed by atoms with E-state index < -0.39 is 15.8 Å². The highest BCUT2D eigenvalue weighted by Crippen LogP contribution is 2.27. The zero-order valence-electron chi connectivity index (χ0n) is 9.90. The van der Waals surface area contributed by atoms with Gasteiger partial charge in [-0.3, -0.25) is 4.72 Å². The number of benzene rings is 2. The molecule has 0 fully saturated rings. The molecular weight excluding hydrogens is 326 g/mol. The molecule has 0 aliphatic carbocycles. The van der Waals surface area contributed by atoms with Crippen LogP contribution in [0.4, 0.5) is 15.8 Å². The smallest absolute Gasteiger partial charge is 0.263 e. The number of sulfonamides is 1. The first-order valence-electron chi connectivity index (χ1n) is 5.32. The van der Waals surface area contributed by atoms with E-state index in [0.717, 1.165) is 12.1 Å². The largest absolute Gasteiger partial charge is 0.399 e. The molecule has 0 spiro atoms. The number of nitrogens with one attached hydrogen (secondary N) is 1. The van der Waals surface area contributed by atoms with Crippen molar-refractivity contribution in [1.29, 1.82) is 0 Å². The molecule has 0 saturated heterocycles. The first kappa shape index (κ1) is 14.9. The fourth-order valence-corrected chi connectivity index (χ4v) is 3.27. The van der Waals surface area contributed by atoms with E-state index in [1.807, 2.05) is 0 Å². The van der Waals surface area contributed by atoms with Crippen LogP contribution in [-0.4, -0.2) is 8.42 Å². The summed E-state index contributed by atoms with van der Waals surface area (Å²) in [7, 11) is -4.07. The van der Waals surface area contributed by atoms with E-state index in [1.54, 1.807) is 0 Å². The zero-order chi connectivity index (χ0) is 14.9. The summed E-state index contributed by atoms with van der Waals surface area (Å²) in [4.78, 5) is -0.237. The molecule has 8 heteroatoms. The van der Waals surface area contributed by atoms with Crippen LogP contribution in [0.2, 0.25) is 10.0 Å². The molecule has 0 atom stereocenters. The summed E-state index contributed by atoms with van der Waals surface area (Å²) in [6.45, 7) is 0. The Morgan fingerprint density at radius 3 is 2.50 bits per heavy atom. The van der Waals surface area contributed by atoms with Crippen molar-refractivity contribution in [2.75, 3.05) is 10.5 Å². The molecule has 0 bridgehead atoms. The van der Waals surface area contributed by atoms with Gasteiger partial charge in [-0.15, -0.1) is 0 Å². The monoisotopic (exact) mass is 334 g/mol. The molecule has 3 N–H and O–H groups in total. The molecule has 0 aliphatic rings. The third-order valence-corrected chi connectivity index (χ3v) is 4.50. The van der Waals surface area contributed by atoms with Gasteiger partial charge in [0, 0.05) is 10.7 Å². The van der Waals surface area contributed by atoms with Crippen LogP contribution in [-0.2, 0) is 10.0 Å². The predicted octanol–water partition coefficient (Wildman–Crippen LogP) is 3.52. The molecule has 0 heterocycles. The highest BCUT2D eigenvalue weighted by atomic mass is 35.5. The van der Waals surface area contributed by atoms with E-state index in [-0.39, 0.29) is 26.3 Å². The Bertz CT molecular complexity index is 766. The van der Waals surface area contributed by atoms with Crippen molar-refractivity contribution in [3.63, 3.8) is 0 Å². The average Bonchev–Trinajstić information content (AvgIpc) is 2.36. The van der Waals surface area contributed by atoms with Crippen LogP contribution in [0.3, 0.4) is 0 Å². The summed E-state index contributed by atoms with van der Waals surface area (Å²) in [5.74, 6) is -0.752. The predicted molar refractivity (Wildman–Crippen MR) is 78.1 cm³/mol. The van der Waals surface area contributed by atoms with E-state index in [9.17, 15) is 12.8 Å². The number of hydrogen-bond acceptors (Lipinski definition) is 3. The van der Waals surface area contributed by atoms with Crippen molar-refractivity contribution in [3.05, 3.63) is 52.3 Å². The Morgan fingerprint density at radius 1 is 1.10 bits per heavy atom. The van der Waals surface area contributed by atoms with Gasteiger partial charge in [-0.05, 0) is 36.4 Å². The Labute approximate surface area is 125 Å². The molecule has 0 aromatic heterocycles. The first-order chi connectivity index (χ1) is 9.29. The summed E-state index contributed by atoms with van der Waals surface area (Å²) in [6, 6.07) is 7.52. The zero-order valence-corrected chi connectivity index (χ0v) is 12.2. The Morgan fingerprint density at radius 2 is 1.80 bits per heavy atom. The van der Waals surface area contributed by atoms with Crippen LogP contribution in [0, 0.1) is 5.82 Å². The number of nitrogens with two attached hydrogens (primary N) is 1. The lowest BCUT2D eigenvalue weighted by Crippen LogP contribution is -2.14. The third-order valence-electron chi connectivity index (χ3n) is 2.42. The molecule has 2 aromatic rings. The van der Waals surface area contributed by atoms with Gasteiger partial charge in [0.25, 0.3) is 10.0 Å². The molecular formula is C12H9Cl2FN2O2S. The number of hydrogen-bond donors (Lipinski definition) is 2. The number of rotatable bonds is 3. The molecule has 0 saturated carbocycles. The maximum absolute atomic E-state index is 13.6. The van der Waals surface area contributed by atoms with Gasteiger partial charge in [0.2, 0.25) is 0 Å². The molecule has 106 valence electrons. The minimum absolute atomic E-state index is 0.0193. The van der Waals surface area contributed by atoms with E-state index in [4.69, 9.17) is 28.9 Å². The summed E-state index contributed by atoms with van der Waals surface area (Å²) in [5.41, 5.74) is 5.48. The van der Waals surface area contributed by atoms with Crippen LogP contribution in [0.1, 0.15) is 0 Å². The number of halogens is 3. The summed E-state index contributed by atoms with van der Waals surface area (Å²) in [6.07, 6.45) is 0. The average molecular weight is 335 g/mol. The second-order valence-electron chi connectivity index (χ2n) is 3.92. The van der Waals surface area contributed by atoms with E-state index >= 15 is 0 Å². The number of anilines is 2. The fraction of sp³-hybridized carbons (Fsp3) is 0. The van der Waals surface area contributed by atoms with Crippen LogP contribution in [0.15, 0.2) is 41.3 Å². The van der Waals surface area contributed by atoms with Crippen molar-refractivity contribution in [2.24, 2.45) is 0 Å². The van der Waals surface area contributed by atoms with Gasteiger partial charge in [-0.1, -0.05) is 23.2 Å². The fourth-order valence-electron chi connectivity index (χ4n) is 1.50. The lowest BCUT2D eigenvalue weighted by Gasteiger charge is -2.11. The van der Waals surface area contributed by atoms with Gasteiger partial charge in [0.05, 0.1) is 10.7 Å². The second-order valence-corrected chi connectivity index (χ2v) is 6.41. The molecule has 2 aromatic carbocycles. The first-order valence-corrected chi connectivity index (χ1v) is 7.56. The topological polar surface area (TPSA) is 72.2 Å². The summed E-state index contributed by atoms with van der Waals surface area (Å²) >= 11 is 11.5. The SMILES string of the molecule is Nc1ccc(Cl)c(S(=O)(=O)Nc2cc(Cl)ccc2F)c1. The second kappa shape index (κ2) is 5.47. The lowest BCUT2D eigenvalue weighted by atomic mass is 10.3. The van der Waals surface area contributed by atoms with Crippen LogP contribution in [0.5, 0.6) is 0 Å². The molecule has 0 amide bonds. The maximum atomic E-state index is 13.6. The normalized spacial score (nSPS) is 11.3. The van der Waals surface area contributed by atoms with Crippen molar-refractivity contribution >= 4 is 44.6 Å². The molecule has 0 unspecified atom stereocenters. The molecule has 4 nitrogen and oxygen atoms in total. The summed E-state index contributed by atoms with van der Waals surface area (Å²) < 4.78 is 40.0. The van der Waals surface area contributed by atoms with E-state index in [2.05, 4.69) is 4.72 Å². The van der Waals surface area contributed by atoms with Crippen LogP contribution >= 0.6 is 23.2 Å². The molecule has 20 heavy (non-hydrogen) atoms. The van der Waals surface area contributed by atoms with E-state index in [0.29, 0.717) is 0 Å². The van der Waals surface area contributed by atoms with Crippen molar-refractivity contribution in [2.45, 2.75) is 4.90 Å². The summed E-state index contributed by atoms with van der Waals surface area (Å²) in [5, 5.41) is 0.178. The maximum Gasteiger partial charge on any atom is 0.263 e. The van der Waals surface area contributed by atoms with Gasteiger partial charge in [0.15, 0.2) is 0 Å². The van der Waals surface area contributed by atoms with Gasteiger partial charge < -0.3 is 5.73 Å². The Balaban J connectivity index is 2.46. The Hall–Kier alpha value is -1.50. The molecule has 2 rings (SSSR count). The van der Waals surface area contributed by atoms with Gasteiger partial charge in [-0.2, -0.15) is 0 Å². The number of nitrogen functional groups attached to an aromatic ring is 1. The highest BCUT2D eigenvalue weighted by Gasteiger charge is 2.20. The molecule has 0 radical (unpaired) electrons. The highest BCUT2D eigenvalue weighted by molar-refractivity contribution is 7.92. The molecule has 0 aliphatic heterocycles. The van der Waals surface area contributed by atoms with Gasteiger partial charge >= 0.3 is 0 Å². The van der Waals surface area contributed by atoms with Gasteiger partial charge in [-0.25, -0.2) is 12.8 Å². The minimum Gasteiger partial charge on any atom is -0.399 e. The Kier molecular flexibility index (Phi) is 4.08. The van der Waals surface area contributed by atoms with E-state index in [1.165, 1.54) is 24.3 Å². The lowest BCUT2D eigenvalue weighted by molar-refractivity contribution is 0.598.